The van der Waals surface area contributed by atoms with Crippen LogP contribution >= 0.6 is 0 Å². The molecular weight excluding hydrogens is 426 g/mol. The van der Waals surface area contributed by atoms with Crippen molar-refractivity contribution in [3.8, 4) is 28.7 Å². The van der Waals surface area contributed by atoms with Crippen LogP contribution < -0.4 is 9.64 Å². The number of aromatic hydroxyl groups is 3. The van der Waals surface area contributed by atoms with Crippen molar-refractivity contribution in [2.75, 3.05) is 4.90 Å². The maximum Gasteiger partial charge on any atom is 0.151 e. The summed E-state index contributed by atoms with van der Waals surface area (Å²) in [4.78, 5) is 2.09. The van der Waals surface area contributed by atoms with Gasteiger partial charge in [-0.15, -0.1) is 0 Å². The van der Waals surface area contributed by atoms with Gasteiger partial charge in [0.15, 0.2) is 5.75 Å². The fourth-order valence-corrected chi connectivity index (χ4v) is 4.04. The highest BCUT2D eigenvalue weighted by molar-refractivity contribution is 5.84. The number of benzene rings is 4. The van der Waals surface area contributed by atoms with E-state index in [1.54, 1.807) is 30.3 Å². The standard InChI is InChI=1S/C29H29NO4/c1-17-15-26(32)19(3)13-24(17)30(25-14-20(4)27(33)16-18(25)2)23-8-6-7-9-29(23)34-28-11-10-22(31)12-21(28)5/h6-16,31-33H,1-5H3. The number of ether oxygens (including phenoxy) is 1. The van der Waals surface area contributed by atoms with E-state index in [9.17, 15) is 15.3 Å². The number of nitrogens with zero attached hydrogens (tertiary/aromatic N) is 1. The third-order valence-corrected chi connectivity index (χ3v) is 6.00. The van der Waals surface area contributed by atoms with Crippen LogP contribution in [0.2, 0.25) is 0 Å². The summed E-state index contributed by atoms with van der Waals surface area (Å²) >= 11 is 0. The van der Waals surface area contributed by atoms with Crippen LogP contribution in [0.5, 0.6) is 28.7 Å². The zero-order chi connectivity index (χ0) is 24.6. The number of phenols is 3. The molecule has 0 radical (unpaired) electrons. The van der Waals surface area contributed by atoms with E-state index in [0.29, 0.717) is 11.5 Å². The molecule has 5 nitrogen and oxygen atoms in total. The molecule has 3 N–H and O–H groups in total. The molecule has 0 aliphatic rings. The first-order chi connectivity index (χ1) is 16.2. The molecule has 4 rings (SSSR count). The van der Waals surface area contributed by atoms with Crippen LogP contribution in [-0.4, -0.2) is 15.3 Å². The van der Waals surface area contributed by atoms with Gasteiger partial charge in [-0.3, -0.25) is 0 Å². The van der Waals surface area contributed by atoms with Crippen LogP contribution in [0.15, 0.2) is 66.7 Å². The zero-order valence-electron chi connectivity index (χ0n) is 20.0. The Morgan fingerprint density at radius 3 is 1.65 bits per heavy atom. The lowest BCUT2D eigenvalue weighted by Gasteiger charge is -2.31. The predicted molar refractivity (Wildman–Crippen MR) is 136 cm³/mol. The second kappa shape index (κ2) is 9.02. The lowest BCUT2D eigenvalue weighted by molar-refractivity contribution is 0.462. The zero-order valence-corrected chi connectivity index (χ0v) is 20.0. The first-order valence-electron chi connectivity index (χ1n) is 11.1. The maximum atomic E-state index is 10.3. The molecule has 0 aliphatic carbocycles. The van der Waals surface area contributed by atoms with Gasteiger partial charge in [-0.05, 0) is 117 Å². The first-order valence-corrected chi connectivity index (χ1v) is 11.1. The summed E-state index contributed by atoms with van der Waals surface area (Å²) in [6.45, 7) is 9.53. The van der Waals surface area contributed by atoms with Crippen molar-refractivity contribution in [1.82, 2.24) is 0 Å². The molecule has 34 heavy (non-hydrogen) atoms. The Labute approximate surface area is 200 Å². The van der Waals surface area contributed by atoms with Gasteiger partial charge in [0.1, 0.15) is 23.0 Å². The van der Waals surface area contributed by atoms with Gasteiger partial charge in [0.2, 0.25) is 0 Å². The number of para-hydroxylation sites is 2. The van der Waals surface area contributed by atoms with Crippen LogP contribution in [0.4, 0.5) is 17.1 Å². The average Bonchev–Trinajstić information content (AvgIpc) is 2.78. The van der Waals surface area contributed by atoms with E-state index in [1.165, 1.54) is 0 Å². The van der Waals surface area contributed by atoms with Gasteiger partial charge in [0.05, 0.1) is 5.69 Å². The molecule has 0 aliphatic heterocycles. The molecule has 0 unspecified atom stereocenters. The van der Waals surface area contributed by atoms with Crippen molar-refractivity contribution in [2.24, 2.45) is 0 Å². The van der Waals surface area contributed by atoms with Gasteiger partial charge in [0.25, 0.3) is 0 Å². The number of aryl methyl sites for hydroxylation is 5. The van der Waals surface area contributed by atoms with Gasteiger partial charge in [-0.2, -0.15) is 0 Å². The van der Waals surface area contributed by atoms with Crippen LogP contribution in [0.3, 0.4) is 0 Å². The van der Waals surface area contributed by atoms with E-state index in [1.807, 2.05) is 71.0 Å². The van der Waals surface area contributed by atoms with Crippen molar-refractivity contribution in [2.45, 2.75) is 34.6 Å². The Hall–Kier alpha value is -4.12. The summed E-state index contributed by atoms with van der Waals surface area (Å²) in [6.07, 6.45) is 0. The topological polar surface area (TPSA) is 73.2 Å². The van der Waals surface area contributed by atoms with Crippen LogP contribution in [0.25, 0.3) is 0 Å². The molecular formula is C29H29NO4. The van der Waals surface area contributed by atoms with Gasteiger partial charge in [-0.1, -0.05) is 12.1 Å². The van der Waals surface area contributed by atoms with Crippen molar-refractivity contribution >= 4 is 17.1 Å². The quantitative estimate of drug-likeness (QED) is 0.289. The molecule has 4 aromatic rings. The maximum absolute atomic E-state index is 10.3. The first kappa shape index (κ1) is 23.1. The van der Waals surface area contributed by atoms with Crippen molar-refractivity contribution in [3.05, 3.63) is 94.5 Å². The molecule has 174 valence electrons. The molecule has 0 fully saturated rings. The van der Waals surface area contributed by atoms with Crippen LogP contribution in [-0.2, 0) is 0 Å². The highest BCUT2D eigenvalue weighted by Crippen LogP contribution is 2.46. The Bertz CT molecular complexity index is 1320. The number of phenolic OH excluding ortho intramolecular Hbond substituents is 3. The van der Waals surface area contributed by atoms with E-state index >= 15 is 0 Å². The summed E-state index contributed by atoms with van der Waals surface area (Å²) < 4.78 is 6.36. The second-order valence-electron chi connectivity index (χ2n) is 8.71. The summed E-state index contributed by atoms with van der Waals surface area (Å²) in [5, 5.41) is 30.4. The molecule has 0 spiro atoms. The Morgan fingerprint density at radius 2 is 1.09 bits per heavy atom. The van der Waals surface area contributed by atoms with Crippen LogP contribution in [0.1, 0.15) is 27.8 Å². The molecule has 0 aromatic heterocycles. The van der Waals surface area contributed by atoms with Gasteiger partial charge in [0, 0.05) is 11.4 Å². The second-order valence-corrected chi connectivity index (χ2v) is 8.71. The predicted octanol–water partition coefficient (Wildman–Crippen LogP) is 7.61. The highest BCUT2D eigenvalue weighted by atomic mass is 16.5. The Morgan fingerprint density at radius 1 is 0.529 bits per heavy atom. The normalized spacial score (nSPS) is 10.9. The van der Waals surface area contributed by atoms with Gasteiger partial charge >= 0.3 is 0 Å². The van der Waals surface area contributed by atoms with E-state index < -0.39 is 0 Å². The molecule has 0 heterocycles. The van der Waals surface area contributed by atoms with E-state index in [2.05, 4.69) is 4.90 Å². The van der Waals surface area contributed by atoms with Crippen molar-refractivity contribution < 1.29 is 20.1 Å². The fraction of sp³-hybridized carbons (Fsp3) is 0.172. The Kier molecular flexibility index (Phi) is 6.12. The average molecular weight is 456 g/mol. The lowest BCUT2D eigenvalue weighted by atomic mass is 10.0. The minimum Gasteiger partial charge on any atom is -0.508 e. The van der Waals surface area contributed by atoms with Crippen LogP contribution in [0, 0.1) is 34.6 Å². The fourth-order valence-electron chi connectivity index (χ4n) is 4.04. The Balaban J connectivity index is 1.96. The van der Waals surface area contributed by atoms with Gasteiger partial charge in [-0.25, -0.2) is 0 Å². The molecule has 0 saturated carbocycles. The third-order valence-electron chi connectivity index (χ3n) is 6.00. The summed E-state index contributed by atoms with van der Waals surface area (Å²) in [5.74, 6) is 1.94. The molecule has 0 atom stereocenters. The largest absolute Gasteiger partial charge is 0.508 e. The smallest absolute Gasteiger partial charge is 0.151 e. The monoisotopic (exact) mass is 455 g/mol. The summed E-state index contributed by atoms with van der Waals surface area (Å²) in [6, 6.07) is 20.2. The number of anilines is 3. The number of hydrogen-bond acceptors (Lipinski definition) is 5. The van der Waals surface area contributed by atoms with E-state index in [-0.39, 0.29) is 17.2 Å². The highest BCUT2D eigenvalue weighted by Gasteiger charge is 2.22. The summed E-state index contributed by atoms with van der Waals surface area (Å²) in [5.41, 5.74) is 6.70. The molecule has 0 saturated heterocycles. The van der Waals surface area contributed by atoms with Gasteiger partial charge < -0.3 is 25.0 Å². The summed E-state index contributed by atoms with van der Waals surface area (Å²) in [7, 11) is 0. The molecule has 0 bridgehead atoms. The lowest BCUT2D eigenvalue weighted by Crippen LogP contribution is -2.14. The van der Waals surface area contributed by atoms with Crippen molar-refractivity contribution in [1.29, 1.82) is 0 Å². The van der Waals surface area contributed by atoms with E-state index in [0.717, 1.165) is 44.9 Å². The molecule has 4 aromatic carbocycles. The SMILES string of the molecule is Cc1cc(N(c2cc(C)c(O)cc2C)c2ccccc2Oc2ccc(O)cc2C)c(C)cc1O. The van der Waals surface area contributed by atoms with Crippen molar-refractivity contribution in [3.63, 3.8) is 0 Å². The number of hydrogen-bond donors (Lipinski definition) is 3. The number of rotatable bonds is 5. The molecule has 5 heteroatoms. The minimum atomic E-state index is 0.185. The third kappa shape index (κ3) is 4.37. The minimum absolute atomic E-state index is 0.185. The molecule has 0 amide bonds. The van der Waals surface area contributed by atoms with E-state index in [4.69, 9.17) is 4.74 Å².